The normalized spacial score (nSPS) is 13.3. The van der Waals surface area contributed by atoms with E-state index in [4.69, 9.17) is 0 Å². The number of hydrogen-bond acceptors (Lipinski definition) is 0. The van der Waals surface area contributed by atoms with Crippen molar-refractivity contribution in [2.75, 3.05) is 0 Å². The van der Waals surface area contributed by atoms with Crippen molar-refractivity contribution in [3.63, 3.8) is 0 Å². The van der Waals surface area contributed by atoms with Gasteiger partial charge < -0.3 is 0 Å². The van der Waals surface area contributed by atoms with E-state index in [9.17, 15) is 0 Å². The second-order valence-electron chi connectivity index (χ2n) is 11.7. The first-order valence-electron chi connectivity index (χ1n) is 11.8. The molecule has 0 saturated heterocycles. The second-order valence-corrected chi connectivity index (χ2v) is 12.6. The molecule has 0 aliphatic rings. The highest BCUT2D eigenvalue weighted by Gasteiger charge is 2.22. The lowest BCUT2D eigenvalue weighted by atomic mass is 9.79. The standard InChI is InChI=1S/C32H29Br/c1-31(2,3)22-11-19-7-8-20-12-23(32(4,5)6)17-28-26-15-21-13-24(33)10-9-18(21)14-25(26)27(16-22)29(19)30(20)28/h7-17H,1-6H3. The van der Waals surface area contributed by atoms with Crippen LogP contribution in [-0.4, -0.2) is 0 Å². The molecule has 33 heavy (non-hydrogen) atoms. The highest BCUT2D eigenvalue weighted by Crippen LogP contribution is 2.45. The lowest BCUT2D eigenvalue weighted by Crippen LogP contribution is -2.11. The van der Waals surface area contributed by atoms with Crippen LogP contribution in [0.25, 0.3) is 53.9 Å². The van der Waals surface area contributed by atoms with E-state index < -0.39 is 0 Å². The fourth-order valence-electron chi connectivity index (χ4n) is 5.33. The van der Waals surface area contributed by atoms with Gasteiger partial charge >= 0.3 is 0 Å². The van der Waals surface area contributed by atoms with Crippen LogP contribution in [0.1, 0.15) is 52.7 Å². The van der Waals surface area contributed by atoms with Crippen LogP contribution in [0.3, 0.4) is 0 Å². The van der Waals surface area contributed by atoms with E-state index in [0.29, 0.717) is 0 Å². The predicted molar refractivity (Wildman–Crippen MR) is 150 cm³/mol. The number of fused-ring (bicyclic) bond motifs is 4. The smallest absolute Gasteiger partial charge is 0.0181 e. The second kappa shape index (κ2) is 6.70. The Balaban J connectivity index is 1.93. The van der Waals surface area contributed by atoms with Crippen molar-refractivity contribution >= 4 is 69.8 Å². The van der Waals surface area contributed by atoms with E-state index in [-0.39, 0.29) is 10.8 Å². The van der Waals surface area contributed by atoms with E-state index >= 15 is 0 Å². The zero-order chi connectivity index (χ0) is 23.3. The first-order chi connectivity index (χ1) is 15.5. The zero-order valence-electron chi connectivity index (χ0n) is 20.2. The van der Waals surface area contributed by atoms with Crippen LogP contribution in [0.15, 0.2) is 71.2 Å². The molecule has 0 amide bonds. The van der Waals surface area contributed by atoms with Gasteiger partial charge in [0.1, 0.15) is 0 Å². The van der Waals surface area contributed by atoms with Crippen molar-refractivity contribution in [3.05, 3.63) is 82.3 Å². The summed E-state index contributed by atoms with van der Waals surface area (Å²) in [5.41, 5.74) is 2.97. The summed E-state index contributed by atoms with van der Waals surface area (Å²) in [4.78, 5) is 0. The van der Waals surface area contributed by atoms with Crippen LogP contribution in [0.5, 0.6) is 0 Å². The first-order valence-corrected chi connectivity index (χ1v) is 12.6. The Kier molecular flexibility index (Phi) is 4.25. The Hall–Kier alpha value is -2.64. The molecule has 0 saturated carbocycles. The van der Waals surface area contributed by atoms with Gasteiger partial charge in [0.15, 0.2) is 0 Å². The van der Waals surface area contributed by atoms with Crippen LogP contribution < -0.4 is 0 Å². The maximum absolute atomic E-state index is 3.68. The van der Waals surface area contributed by atoms with E-state index in [1.165, 1.54) is 65.0 Å². The number of benzene rings is 6. The minimum absolute atomic E-state index is 0.0933. The summed E-state index contributed by atoms with van der Waals surface area (Å²) in [6, 6.07) is 25.8. The molecule has 6 aromatic rings. The van der Waals surface area contributed by atoms with Gasteiger partial charge in [-0.15, -0.1) is 0 Å². The third-order valence-electron chi connectivity index (χ3n) is 7.28. The molecule has 164 valence electrons. The van der Waals surface area contributed by atoms with Crippen molar-refractivity contribution in [3.8, 4) is 0 Å². The monoisotopic (exact) mass is 492 g/mol. The van der Waals surface area contributed by atoms with E-state index in [1.54, 1.807) is 0 Å². The van der Waals surface area contributed by atoms with Gasteiger partial charge in [0.05, 0.1) is 0 Å². The van der Waals surface area contributed by atoms with Gasteiger partial charge in [-0.25, -0.2) is 0 Å². The van der Waals surface area contributed by atoms with Crippen molar-refractivity contribution in [1.29, 1.82) is 0 Å². The molecule has 0 heterocycles. The van der Waals surface area contributed by atoms with Gasteiger partial charge in [-0.05, 0) is 112 Å². The molecule has 0 bridgehead atoms. The van der Waals surface area contributed by atoms with Crippen molar-refractivity contribution in [2.45, 2.75) is 52.4 Å². The summed E-state index contributed by atoms with van der Waals surface area (Å²) in [6.45, 7) is 13.9. The molecule has 0 aliphatic carbocycles. The average Bonchev–Trinajstić information content (AvgIpc) is 2.75. The summed E-state index contributed by atoms with van der Waals surface area (Å²) in [7, 11) is 0. The predicted octanol–water partition coefficient (Wildman–Crippen LogP) is 10.2. The van der Waals surface area contributed by atoms with E-state index in [0.717, 1.165) is 4.47 Å². The maximum Gasteiger partial charge on any atom is 0.0181 e. The highest BCUT2D eigenvalue weighted by atomic mass is 79.9. The van der Waals surface area contributed by atoms with Crippen LogP contribution >= 0.6 is 15.9 Å². The lowest BCUT2D eigenvalue weighted by Gasteiger charge is -2.25. The molecule has 0 unspecified atom stereocenters. The van der Waals surface area contributed by atoms with Crippen LogP contribution in [0.4, 0.5) is 0 Å². The van der Waals surface area contributed by atoms with E-state index in [2.05, 4.69) is 124 Å². The first kappa shape index (κ1) is 20.9. The summed E-state index contributed by atoms with van der Waals surface area (Å²) in [5.74, 6) is 0. The minimum atomic E-state index is 0.0933. The maximum atomic E-state index is 3.68. The number of rotatable bonds is 0. The Morgan fingerprint density at radius 1 is 0.455 bits per heavy atom. The Morgan fingerprint density at radius 2 is 0.909 bits per heavy atom. The van der Waals surface area contributed by atoms with Crippen LogP contribution in [-0.2, 0) is 10.8 Å². The number of halogens is 1. The Labute approximate surface area is 204 Å². The molecule has 0 nitrogen and oxygen atoms in total. The molecule has 0 aliphatic heterocycles. The fraction of sp³-hybridized carbons (Fsp3) is 0.250. The van der Waals surface area contributed by atoms with Gasteiger partial charge in [0.25, 0.3) is 0 Å². The summed E-state index contributed by atoms with van der Waals surface area (Å²) in [5, 5.41) is 13.5. The summed E-state index contributed by atoms with van der Waals surface area (Å²) in [6.07, 6.45) is 0. The molecule has 6 rings (SSSR count). The third-order valence-corrected chi connectivity index (χ3v) is 7.77. The summed E-state index contributed by atoms with van der Waals surface area (Å²) < 4.78 is 1.12. The van der Waals surface area contributed by atoms with Gasteiger partial charge in [-0.1, -0.05) is 87.8 Å². The van der Waals surface area contributed by atoms with Gasteiger partial charge in [0, 0.05) is 4.47 Å². The Bertz CT molecular complexity index is 1720. The molecule has 0 aromatic heterocycles. The van der Waals surface area contributed by atoms with Crippen molar-refractivity contribution < 1.29 is 0 Å². The molecule has 0 fully saturated rings. The van der Waals surface area contributed by atoms with E-state index in [1.807, 2.05) is 0 Å². The van der Waals surface area contributed by atoms with Crippen molar-refractivity contribution in [1.82, 2.24) is 0 Å². The molecule has 0 N–H and O–H groups in total. The Morgan fingerprint density at radius 3 is 1.39 bits per heavy atom. The molecular weight excluding hydrogens is 464 g/mol. The lowest BCUT2D eigenvalue weighted by molar-refractivity contribution is 0.591. The molecule has 0 radical (unpaired) electrons. The fourth-order valence-corrected chi connectivity index (χ4v) is 5.71. The topological polar surface area (TPSA) is 0 Å². The summed E-state index contributed by atoms with van der Waals surface area (Å²) >= 11 is 3.68. The molecule has 0 spiro atoms. The zero-order valence-corrected chi connectivity index (χ0v) is 21.8. The van der Waals surface area contributed by atoms with Crippen molar-refractivity contribution in [2.24, 2.45) is 0 Å². The van der Waals surface area contributed by atoms with Gasteiger partial charge in [-0.3, -0.25) is 0 Å². The molecule has 1 heteroatoms. The minimum Gasteiger partial charge on any atom is -0.0561 e. The van der Waals surface area contributed by atoms with Crippen LogP contribution in [0.2, 0.25) is 0 Å². The SMILES string of the molecule is CC(C)(C)c1cc2ccc3cc(C(C)(C)C)cc4c5cc6cc(Br)ccc6cc5c(c1)c2c34. The molecule has 0 atom stereocenters. The molecular formula is C32H29Br. The number of hydrogen-bond donors (Lipinski definition) is 0. The van der Waals surface area contributed by atoms with Gasteiger partial charge in [0.2, 0.25) is 0 Å². The largest absolute Gasteiger partial charge is 0.0561 e. The average molecular weight is 493 g/mol. The molecule has 6 aromatic carbocycles. The quantitative estimate of drug-likeness (QED) is 0.146. The van der Waals surface area contributed by atoms with Crippen LogP contribution in [0, 0.1) is 0 Å². The third kappa shape index (κ3) is 3.16. The van der Waals surface area contributed by atoms with Gasteiger partial charge in [-0.2, -0.15) is 0 Å². The highest BCUT2D eigenvalue weighted by molar-refractivity contribution is 9.10.